The van der Waals surface area contributed by atoms with E-state index in [1.807, 2.05) is 12.3 Å². The second kappa shape index (κ2) is 6.57. The van der Waals surface area contributed by atoms with Gasteiger partial charge in [0.15, 0.2) is 0 Å². The number of pyridine rings is 1. The van der Waals surface area contributed by atoms with Crippen LogP contribution in [0.2, 0.25) is 0 Å². The van der Waals surface area contributed by atoms with Crippen LogP contribution in [0.4, 0.5) is 5.82 Å². The molecule has 0 unspecified atom stereocenters. The van der Waals surface area contributed by atoms with Crippen molar-refractivity contribution in [2.45, 2.75) is 13.3 Å². The predicted molar refractivity (Wildman–Crippen MR) is 69.3 cm³/mol. The van der Waals surface area contributed by atoms with Gasteiger partial charge in [0, 0.05) is 25.8 Å². The third-order valence-corrected chi connectivity index (χ3v) is 2.97. The van der Waals surface area contributed by atoms with Gasteiger partial charge in [-0.1, -0.05) is 6.07 Å². The van der Waals surface area contributed by atoms with Crippen LogP contribution in [-0.2, 0) is 4.74 Å². The smallest absolute Gasteiger partial charge is 0.125 e. The van der Waals surface area contributed by atoms with Crippen molar-refractivity contribution in [2.24, 2.45) is 0 Å². The molecule has 1 N–H and O–H groups in total. The van der Waals surface area contributed by atoms with Crippen LogP contribution in [-0.4, -0.2) is 49.3 Å². The van der Waals surface area contributed by atoms with Gasteiger partial charge >= 0.3 is 0 Å². The zero-order valence-electron chi connectivity index (χ0n) is 10.5. The SMILES string of the molecule is Cc1ccc(NCCCN2CCOCC2)nc1. The number of nitrogens with zero attached hydrogens (tertiary/aromatic N) is 2. The molecule has 1 aromatic heterocycles. The maximum absolute atomic E-state index is 5.32. The number of morpholine rings is 1. The van der Waals surface area contributed by atoms with Crippen molar-refractivity contribution in [3.8, 4) is 0 Å². The molecule has 0 saturated carbocycles. The predicted octanol–water partition coefficient (Wildman–Crippen LogP) is 1.52. The van der Waals surface area contributed by atoms with Crippen molar-refractivity contribution in [1.29, 1.82) is 0 Å². The molecule has 1 fully saturated rings. The van der Waals surface area contributed by atoms with E-state index in [2.05, 4.69) is 28.2 Å². The Morgan fingerprint density at radius 2 is 2.18 bits per heavy atom. The van der Waals surface area contributed by atoms with Crippen LogP contribution >= 0.6 is 0 Å². The van der Waals surface area contributed by atoms with Crippen molar-refractivity contribution < 1.29 is 4.74 Å². The van der Waals surface area contributed by atoms with E-state index in [4.69, 9.17) is 4.74 Å². The first-order valence-electron chi connectivity index (χ1n) is 6.31. The van der Waals surface area contributed by atoms with E-state index < -0.39 is 0 Å². The van der Waals surface area contributed by atoms with E-state index in [0.717, 1.165) is 51.6 Å². The average molecular weight is 235 g/mol. The summed E-state index contributed by atoms with van der Waals surface area (Å²) in [4.78, 5) is 6.77. The lowest BCUT2D eigenvalue weighted by Crippen LogP contribution is -2.37. The van der Waals surface area contributed by atoms with Crippen LogP contribution in [0.5, 0.6) is 0 Å². The van der Waals surface area contributed by atoms with Gasteiger partial charge in [-0.15, -0.1) is 0 Å². The lowest BCUT2D eigenvalue weighted by atomic mass is 10.3. The molecule has 94 valence electrons. The second-order valence-electron chi connectivity index (χ2n) is 4.46. The average Bonchev–Trinajstić information content (AvgIpc) is 2.38. The first kappa shape index (κ1) is 12.3. The monoisotopic (exact) mass is 235 g/mol. The molecule has 0 atom stereocenters. The minimum Gasteiger partial charge on any atom is -0.379 e. The molecule has 0 aliphatic carbocycles. The van der Waals surface area contributed by atoms with Crippen molar-refractivity contribution in [1.82, 2.24) is 9.88 Å². The first-order chi connectivity index (χ1) is 8.34. The van der Waals surface area contributed by atoms with Crippen LogP contribution in [0.25, 0.3) is 0 Å². The lowest BCUT2D eigenvalue weighted by molar-refractivity contribution is 0.0378. The second-order valence-corrected chi connectivity index (χ2v) is 4.46. The first-order valence-corrected chi connectivity index (χ1v) is 6.31. The van der Waals surface area contributed by atoms with E-state index in [-0.39, 0.29) is 0 Å². The molecule has 1 aliphatic heterocycles. The zero-order chi connectivity index (χ0) is 11.9. The van der Waals surface area contributed by atoms with Gasteiger partial charge in [-0.2, -0.15) is 0 Å². The van der Waals surface area contributed by atoms with Gasteiger partial charge in [0.05, 0.1) is 13.2 Å². The number of aryl methyl sites for hydroxylation is 1. The fourth-order valence-corrected chi connectivity index (χ4v) is 1.92. The van der Waals surface area contributed by atoms with Gasteiger partial charge < -0.3 is 10.1 Å². The summed E-state index contributed by atoms with van der Waals surface area (Å²) < 4.78 is 5.32. The normalized spacial score (nSPS) is 17.0. The molecular weight excluding hydrogens is 214 g/mol. The third-order valence-electron chi connectivity index (χ3n) is 2.97. The van der Waals surface area contributed by atoms with Crippen LogP contribution in [0.3, 0.4) is 0 Å². The summed E-state index contributed by atoms with van der Waals surface area (Å²) in [6.07, 6.45) is 3.04. The van der Waals surface area contributed by atoms with Crippen LogP contribution < -0.4 is 5.32 Å². The molecule has 1 aromatic rings. The van der Waals surface area contributed by atoms with E-state index in [9.17, 15) is 0 Å². The minimum atomic E-state index is 0.882. The molecule has 0 aromatic carbocycles. The third kappa shape index (κ3) is 4.32. The van der Waals surface area contributed by atoms with Crippen molar-refractivity contribution in [2.75, 3.05) is 44.7 Å². The molecule has 1 saturated heterocycles. The molecule has 4 heteroatoms. The summed E-state index contributed by atoms with van der Waals surface area (Å²) in [5.41, 5.74) is 1.20. The lowest BCUT2D eigenvalue weighted by Gasteiger charge is -2.26. The van der Waals surface area contributed by atoms with Gasteiger partial charge in [-0.3, -0.25) is 4.90 Å². The van der Waals surface area contributed by atoms with Gasteiger partial charge in [0.2, 0.25) is 0 Å². The number of ether oxygens (including phenoxy) is 1. The Morgan fingerprint density at radius 3 is 2.88 bits per heavy atom. The van der Waals surface area contributed by atoms with Crippen LogP contribution in [0, 0.1) is 6.92 Å². The molecule has 2 heterocycles. The Hall–Kier alpha value is -1.13. The quantitative estimate of drug-likeness (QED) is 0.785. The molecule has 1 aliphatic rings. The molecule has 17 heavy (non-hydrogen) atoms. The highest BCUT2D eigenvalue weighted by molar-refractivity contribution is 5.34. The molecule has 0 bridgehead atoms. The van der Waals surface area contributed by atoms with Gasteiger partial charge in [0.25, 0.3) is 0 Å². The van der Waals surface area contributed by atoms with Gasteiger partial charge in [0.1, 0.15) is 5.82 Å². The summed E-state index contributed by atoms with van der Waals surface area (Å²) in [6.45, 7) is 8.08. The number of aromatic nitrogens is 1. The Labute approximate surface area is 103 Å². The van der Waals surface area contributed by atoms with Crippen molar-refractivity contribution in [3.05, 3.63) is 23.9 Å². The summed E-state index contributed by atoms with van der Waals surface area (Å²) in [6, 6.07) is 4.11. The highest BCUT2D eigenvalue weighted by Crippen LogP contribution is 2.04. The van der Waals surface area contributed by atoms with E-state index in [0.29, 0.717) is 0 Å². The fourth-order valence-electron chi connectivity index (χ4n) is 1.92. The molecule has 0 spiro atoms. The summed E-state index contributed by atoms with van der Waals surface area (Å²) in [5.74, 6) is 0.970. The maximum Gasteiger partial charge on any atom is 0.125 e. The maximum atomic E-state index is 5.32. The van der Waals surface area contributed by atoms with Gasteiger partial charge in [-0.25, -0.2) is 4.98 Å². The Kier molecular flexibility index (Phi) is 4.76. The standard InChI is InChI=1S/C13H21N3O/c1-12-3-4-13(15-11-12)14-5-2-6-16-7-9-17-10-8-16/h3-4,11H,2,5-10H2,1H3,(H,14,15). The number of hydrogen-bond acceptors (Lipinski definition) is 4. The minimum absolute atomic E-state index is 0.882. The van der Waals surface area contributed by atoms with Crippen molar-refractivity contribution >= 4 is 5.82 Å². The number of rotatable bonds is 5. The molecule has 0 radical (unpaired) electrons. The van der Waals surface area contributed by atoms with Crippen LogP contribution in [0.1, 0.15) is 12.0 Å². The molecule has 4 nitrogen and oxygen atoms in total. The van der Waals surface area contributed by atoms with Crippen LogP contribution in [0.15, 0.2) is 18.3 Å². The van der Waals surface area contributed by atoms with E-state index in [1.165, 1.54) is 5.56 Å². The number of anilines is 1. The van der Waals surface area contributed by atoms with Crippen molar-refractivity contribution in [3.63, 3.8) is 0 Å². The van der Waals surface area contributed by atoms with E-state index >= 15 is 0 Å². The largest absolute Gasteiger partial charge is 0.379 e. The Morgan fingerprint density at radius 1 is 1.35 bits per heavy atom. The molecular formula is C13H21N3O. The number of nitrogens with one attached hydrogen (secondary N) is 1. The summed E-state index contributed by atoms with van der Waals surface area (Å²) in [5, 5.41) is 3.34. The number of hydrogen-bond donors (Lipinski definition) is 1. The van der Waals surface area contributed by atoms with E-state index in [1.54, 1.807) is 0 Å². The highest BCUT2D eigenvalue weighted by Gasteiger charge is 2.08. The Balaban J connectivity index is 1.60. The fraction of sp³-hybridized carbons (Fsp3) is 0.615. The summed E-state index contributed by atoms with van der Waals surface area (Å²) >= 11 is 0. The summed E-state index contributed by atoms with van der Waals surface area (Å²) in [7, 11) is 0. The highest BCUT2D eigenvalue weighted by atomic mass is 16.5. The Bertz CT molecular complexity index is 320. The molecule has 0 amide bonds. The van der Waals surface area contributed by atoms with Gasteiger partial charge in [-0.05, 0) is 31.5 Å². The topological polar surface area (TPSA) is 37.4 Å². The zero-order valence-corrected chi connectivity index (χ0v) is 10.5. The molecule has 2 rings (SSSR count).